The highest BCUT2D eigenvalue weighted by molar-refractivity contribution is 5.63. The maximum atomic E-state index is 5.94. The zero-order valence-electron chi connectivity index (χ0n) is 11.5. The molecule has 0 aromatic carbocycles. The van der Waals surface area contributed by atoms with Crippen LogP contribution in [0.25, 0.3) is 11.3 Å². The Morgan fingerprint density at radius 1 is 1.40 bits per heavy atom. The van der Waals surface area contributed by atoms with Gasteiger partial charge in [0.05, 0.1) is 11.9 Å². The highest BCUT2D eigenvalue weighted by Gasteiger charge is 2.21. The summed E-state index contributed by atoms with van der Waals surface area (Å²) in [4.78, 5) is 10.8. The highest BCUT2D eigenvalue weighted by atomic mass is 15.3. The summed E-state index contributed by atoms with van der Waals surface area (Å²) in [5.41, 5.74) is 13.5. The van der Waals surface area contributed by atoms with Crippen LogP contribution in [0.5, 0.6) is 0 Å². The van der Waals surface area contributed by atoms with Crippen molar-refractivity contribution in [2.45, 2.75) is 25.9 Å². The van der Waals surface area contributed by atoms with E-state index in [-0.39, 0.29) is 12.0 Å². The normalized spacial score (nSPS) is 18.7. The van der Waals surface area contributed by atoms with Gasteiger partial charge in [-0.15, -0.1) is 0 Å². The molecule has 4 N–H and O–H groups in total. The lowest BCUT2D eigenvalue weighted by Crippen LogP contribution is -2.27. The van der Waals surface area contributed by atoms with Crippen LogP contribution in [0.1, 0.15) is 13.3 Å². The van der Waals surface area contributed by atoms with Crippen molar-refractivity contribution in [2.75, 3.05) is 23.7 Å². The second-order valence-electron chi connectivity index (χ2n) is 5.05. The highest BCUT2D eigenvalue weighted by Crippen LogP contribution is 2.24. The summed E-state index contributed by atoms with van der Waals surface area (Å²) in [7, 11) is 0. The second kappa shape index (κ2) is 5.09. The number of nitrogens with zero attached hydrogens (tertiary/aromatic N) is 5. The molecular weight excluding hydrogens is 254 g/mol. The Labute approximate surface area is 117 Å². The van der Waals surface area contributed by atoms with E-state index in [4.69, 9.17) is 11.5 Å². The van der Waals surface area contributed by atoms with Crippen molar-refractivity contribution in [2.24, 2.45) is 5.73 Å². The van der Waals surface area contributed by atoms with Crippen LogP contribution in [0.2, 0.25) is 0 Å². The first-order valence-corrected chi connectivity index (χ1v) is 6.83. The quantitative estimate of drug-likeness (QED) is 0.844. The fraction of sp³-hybridized carbons (Fsp3) is 0.462. The Kier molecular flexibility index (Phi) is 3.27. The van der Waals surface area contributed by atoms with Crippen LogP contribution in [-0.2, 0) is 6.54 Å². The molecule has 7 heteroatoms. The maximum Gasteiger partial charge on any atom is 0.222 e. The molecule has 0 saturated carbocycles. The first-order valence-electron chi connectivity index (χ1n) is 6.83. The molecule has 3 heterocycles. The third-order valence-corrected chi connectivity index (χ3v) is 3.53. The first kappa shape index (κ1) is 12.9. The lowest BCUT2D eigenvalue weighted by Gasteiger charge is -2.17. The number of rotatable bonds is 3. The minimum atomic E-state index is 0.206. The smallest absolute Gasteiger partial charge is 0.222 e. The molecule has 3 rings (SSSR count). The lowest BCUT2D eigenvalue weighted by atomic mass is 10.2. The summed E-state index contributed by atoms with van der Waals surface area (Å²) in [6, 6.07) is 2.16. The van der Waals surface area contributed by atoms with E-state index in [0.717, 1.165) is 43.1 Å². The molecule has 7 nitrogen and oxygen atoms in total. The van der Waals surface area contributed by atoms with Gasteiger partial charge in [0.15, 0.2) is 0 Å². The molecule has 0 radical (unpaired) electrons. The number of hydrogen-bond donors (Lipinski definition) is 2. The van der Waals surface area contributed by atoms with Crippen LogP contribution >= 0.6 is 0 Å². The van der Waals surface area contributed by atoms with Gasteiger partial charge in [0.25, 0.3) is 0 Å². The second-order valence-corrected chi connectivity index (χ2v) is 5.05. The fourth-order valence-corrected chi connectivity index (χ4v) is 2.43. The summed E-state index contributed by atoms with van der Waals surface area (Å²) in [5.74, 6) is 1.12. The van der Waals surface area contributed by atoms with Crippen LogP contribution in [0.4, 0.5) is 11.8 Å². The van der Waals surface area contributed by atoms with Crippen molar-refractivity contribution >= 4 is 11.8 Å². The molecule has 0 bridgehead atoms. The average molecular weight is 273 g/mol. The Hall–Kier alpha value is -2.15. The van der Waals surface area contributed by atoms with E-state index >= 15 is 0 Å². The number of nitrogen functional groups attached to an aromatic ring is 1. The molecular formula is C13H19N7. The van der Waals surface area contributed by atoms with E-state index in [1.807, 2.05) is 23.9 Å². The summed E-state index contributed by atoms with van der Waals surface area (Å²) < 4.78 is 1.86. The van der Waals surface area contributed by atoms with E-state index in [1.54, 1.807) is 6.20 Å². The van der Waals surface area contributed by atoms with E-state index in [9.17, 15) is 0 Å². The van der Waals surface area contributed by atoms with Crippen molar-refractivity contribution in [3.05, 3.63) is 18.5 Å². The number of anilines is 2. The van der Waals surface area contributed by atoms with E-state index in [0.29, 0.717) is 0 Å². The van der Waals surface area contributed by atoms with Gasteiger partial charge in [-0.25, -0.2) is 4.98 Å². The first-order chi connectivity index (χ1) is 9.65. The molecule has 0 spiro atoms. The van der Waals surface area contributed by atoms with E-state index in [1.165, 1.54) is 0 Å². The number of aryl methyl sites for hydroxylation is 1. The maximum absolute atomic E-state index is 5.94. The summed E-state index contributed by atoms with van der Waals surface area (Å²) in [6.07, 6.45) is 4.74. The molecule has 1 aliphatic rings. The Morgan fingerprint density at radius 3 is 2.90 bits per heavy atom. The third-order valence-electron chi connectivity index (χ3n) is 3.53. The minimum Gasteiger partial charge on any atom is -0.368 e. The number of hydrogen-bond acceptors (Lipinski definition) is 6. The Balaban J connectivity index is 1.94. The lowest BCUT2D eigenvalue weighted by molar-refractivity contribution is 0.660. The van der Waals surface area contributed by atoms with Crippen LogP contribution < -0.4 is 16.4 Å². The molecule has 1 atom stereocenters. The van der Waals surface area contributed by atoms with Crippen molar-refractivity contribution in [1.29, 1.82) is 0 Å². The third kappa shape index (κ3) is 2.44. The molecule has 1 aliphatic heterocycles. The fourth-order valence-electron chi connectivity index (χ4n) is 2.43. The Morgan fingerprint density at radius 2 is 2.25 bits per heavy atom. The summed E-state index contributed by atoms with van der Waals surface area (Å²) >= 11 is 0. The standard InChI is InChI=1S/C13H19N7/c1-2-20-7-9(6-16-20)11-5-12(18-13(15)17-11)19-4-3-10(14)8-19/h5-7,10H,2-4,8,14H2,1H3,(H2,15,17,18)/t10-/m1/s1. The molecule has 20 heavy (non-hydrogen) atoms. The molecule has 2 aromatic heterocycles. The van der Waals surface area contributed by atoms with Gasteiger partial charge in [0.2, 0.25) is 5.95 Å². The molecule has 0 amide bonds. The van der Waals surface area contributed by atoms with Gasteiger partial charge < -0.3 is 16.4 Å². The van der Waals surface area contributed by atoms with Gasteiger partial charge in [-0.05, 0) is 13.3 Å². The van der Waals surface area contributed by atoms with Gasteiger partial charge in [0, 0.05) is 43.5 Å². The molecule has 1 fully saturated rings. The molecule has 1 saturated heterocycles. The number of nitrogens with two attached hydrogens (primary N) is 2. The van der Waals surface area contributed by atoms with Crippen molar-refractivity contribution in [3.8, 4) is 11.3 Å². The average Bonchev–Trinajstić information content (AvgIpc) is 3.06. The van der Waals surface area contributed by atoms with Gasteiger partial charge in [-0.1, -0.05) is 0 Å². The zero-order valence-corrected chi connectivity index (χ0v) is 11.5. The van der Waals surface area contributed by atoms with Crippen molar-refractivity contribution < 1.29 is 0 Å². The van der Waals surface area contributed by atoms with Crippen molar-refractivity contribution in [3.63, 3.8) is 0 Å². The minimum absolute atomic E-state index is 0.206. The van der Waals surface area contributed by atoms with Crippen molar-refractivity contribution in [1.82, 2.24) is 19.7 Å². The van der Waals surface area contributed by atoms with Crippen LogP contribution in [-0.4, -0.2) is 38.9 Å². The predicted molar refractivity (Wildman–Crippen MR) is 78.1 cm³/mol. The Bertz CT molecular complexity index is 607. The molecule has 2 aromatic rings. The van der Waals surface area contributed by atoms with Crippen LogP contribution in [0, 0.1) is 0 Å². The SMILES string of the molecule is CCn1cc(-c2cc(N3CC[C@@H](N)C3)nc(N)n2)cn1. The van der Waals surface area contributed by atoms with Crippen LogP contribution in [0.15, 0.2) is 18.5 Å². The zero-order chi connectivity index (χ0) is 14.1. The summed E-state index contributed by atoms with van der Waals surface area (Å²) in [6.45, 7) is 4.59. The molecule has 0 unspecified atom stereocenters. The van der Waals surface area contributed by atoms with Crippen LogP contribution in [0.3, 0.4) is 0 Å². The largest absolute Gasteiger partial charge is 0.368 e. The van der Waals surface area contributed by atoms with Gasteiger partial charge in [0.1, 0.15) is 5.82 Å². The van der Waals surface area contributed by atoms with E-state index in [2.05, 4.69) is 20.0 Å². The molecule has 106 valence electrons. The summed E-state index contributed by atoms with van der Waals surface area (Å²) in [5, 5.41) is 4.26. The molecule has 0 aliphatic carbocycles. The predicted octanol–water partition coefficient (Wildman–Crippen LogP) is 0.480. The number of aromatic nitrogens is 4. The van der Waals surface area contributed by atoms with E-state index < -0.39 is 0 Å². The van der Waals surface area contributed by atoms with Gasteiger partial charge in [-0.2, -0.15) is 10.1 Å². The topological polar surface area (TPSA) is 98.9 Å². The monoisotopic (exact) mass is 273 g/mol. The van der Waals surface area contributed by atoms with Gasteiger partial charge in [-0.3, -0.25) is 4.68 Å². The van der Waals surface area contributed by atoms with Gasteiger partial charge >= 0.3 is 0 Å².